The molecular weight excluding hydrogens is 502 g/mol. The van der Waals surface area contributed by atoms with Crippen LogP contribution in [-0.2, 0) is 20.8 Å². The van der Waals surface area contributed by atoms with Gasteiger partial charge in [0.1, 0.15) is 0 Å². The van der Waals surface area contributed by atoms with Crippen molar-refractivity contribution in [3.05, 3.63) is 58.6 Å². The van der Waals surface area contributed by atoms with Gasteiger partial charge in [-0.15, -0.1) is 0 Å². The molecule has 0 bridgehead atoms. The van der Waals surface area contributed by atoms with Crippen LogP contribution in [0.2, 0.25) is 5.02 Å². The molecule has 0 radical (unpaired) electrons. The van der Waals surface area contributed by atoms with E-state index in [0.717, 1.165) is 29.2 Å². The molecule has 8 heteroatoms. The largest absolute Gasteiger partial charge is 0.464 e. The second-order valence-electron chi connectivity index (χ2n) is 10.5. The maximum Gasteiger partial charge on any atom is 0.338 e. The number of aromatic nitrogens is 2. The van der Waals surface area contributed by atoms with E-state index in [0.29, 0.717) is 37.1 Å². The Labute approximate surface area is 229 Å². The Kier molecular flexibility index (Phi) is 8.17. The molecule has 202 valence electrons. The molecule has 7 nitrogen and oxygen atoms in total. The van der Waals surface area contributed by atoms with Crippen LogP contribution in [0.25, 0.3) is 22.8 Å². The molecule has 0 N–H and O–H groups in total. The Morgan fingerprint density at radius 1 is 1.16 bits per heavy atom. The summed E-state index contributed by atoms with van der Waals surface area (Å²) < 4.78 is 16.5. The van der Waals surface area contributed by atoms with Crippen LogP contribution in [0.1, 0.15) is 69.4 Å². The number of methoxy groups -OCH3 is 1. The van der Waals surface area contributed by atoms with Crippen molar-refractivity contribution < 1.29 is 18.8 Å². The minimum Gasteiger partial charge on any atom is -0.464 e. The molecule has 38 heavy (non-hydrogen) atoms. The molecule has 0 spiro atoms. The predicted molar refractivity (Wildman–Crippen MR) is 147 cm³/mol. The SMILES string of the molecule is CCOC(=O)C1(OC)CCN(Cc2ccc(-c3noc(-c4ccc(C5CCCC5)c(Cl)c4)n3)cc2)C(C)C1. The maximum absolute atomic E-state index is 12.5. The summed E-state index contributed by atoms with van der Waals surface area (Å²) in [5.41, 5.74) is 3.28. The molecule has 1 aromatic heterocycles. The van der Waals surface area contributed by atoms with Crippen molar-refractivity contribution in [3.63, 3.8) is 0 Å². The quantitative estimate of drug-likeness (QED) is 0.298. The monoisotopic (exact) mass is 537 g/mol. The minimum absolute atomic E-state index is 0.180. The summed E-state index contributed by atoms with van der Waals surface area (Å²) in [5.74, 6) is 1.31. The number of piperidine rings is 1. The van der Waals surface area contributed by atoms with Crippen LogP contribution < -0.4 is 0 Å². The molecule has 1 saturated carbocycles. The highest BCUT2D eigenvalue weighted by atomic mass is 35.5. The topological polar surface area (TPSA) is 77.7 Å². The Balaban J connectivity index is 1.23. The fourth-order valence-electron chi connectivity index (χ4n) is 5.88. The van der Waals surface area contributed by atoms with Crippen LogP contribution in [0.4, 0.5) is 0 Å². The maximum atomic E-state index is 12.5. The van der Waals surface area contributed by atoms with Crippen LogP contribution in [-0.4, -0.2) is 52.9 Å². The third kappa shape index (κ3) is 5.51. The fourth-order valence-corrected chi connectivity index (χ4v) is 6.22. The molecule has 1 aliphatic heterocycles. The summed E-state index contributed by atoms with van der Waals surface area (Å²) in [6.45, 7) is 5.85. The van der Waals surface area contributed by atoms with Crippen LogP contribution in [0.15, 0.2) is 47.0 Å². The lowest BCUT2D eigenvalue weighted by molar-refractivity contribution is -0.177. The molecule has 2 heterocycles. The Bertz CT molecular complexity index is 1250. The van der Waals surface area contributed by atoms with Gasteiger partial charge >= 0.3 is 5.97 Å². The second-order valence-corrected chi connectivity index (χ2v) is 10.9. The molecule has 1 saturated heterocycles. The van der Waals surface area contributed by atoms with E-state index in [1.165, 1.54) is 36.8 Å². The first-order chi connectivity index (χ1) is 18.4. The van der Waals surface area contributed by atoms with E-state index in [9.17, 15) is 4.79 Å². The van der Waals surface area contributed by atoms with E-state index in [-0.39, 0.29) is 12.0 Å². The number of rotatable bonds is 8. The third-order valence-electron chi connectivity index (χ3n) is 8.16. The van der Waals surface area contributed by atoms with Gasteiger partial charge in [-0.25, -0.2) is 4.79 Å². The number of esters is 1. The van der Waals surface area contributed by atoms with Crippen molar-refractivity contribution >= 4 is 17.6 Å². The van der Waals surface area contributed by atoms with E-state index in [1.807, 2.05) is 31.2 Å². The third-order valence-corrected chi connectivity index (χ3v) is 8.48. The van der Waals surface area contributed by atoms with Gasteiger partial charge in [0.15, 0.2) is 5.60 Å². The average Bonchev–Trinajstić information content (AvgIpc) is 3.63. The lowest BCUT2D eigenvalue weighted by Gasteiger charge is -2.43. The number of likely N-dealkylation sites (tertiary alicyclic amines) is 1. The highest BCUT2D eigenvalue weighted by Gasteiger charge is 2.45. The van der Waals surface area contributed by atoms with Gasteiger partial charge in [-0.05, 0) is 62.3 Å². The number of ether oxygens (including phenoxy) is 2. The van der Waals surface area contributed by atoms with E-state index in [2.05, 4.69) is 40.2 Å². The number of nitrogens with zero attached hydrogens (tertiary/aromatic N) is 3. The predicted octanol–water partition coefficient (Wildman–Crippen LogP) is 6.65. The Morgan fingerprint density at radius 2 is 1.89 bits per heavy atom. The zero-order valence-corrected chi connectivity index (χ0v) is 23.2. The molecule has 3 aromatic rings. The number of carbonyl (C=O) groups is 1. The highest BCUT2D eigenvalue weighted by molar-refractivity contribution is 6.31. The van der Waals surface area contributed by atoms with Gasteiger partial charge in [-0.3, -0.25) is 4.90 Å². The standard InChI is InChI=1S/C30H36ClN3O4/c1-4-37-29(35)30(36-3)15-16-34(20(2)18-30)19-21-9-11-23(12-10-21)27-32-28(38-33-27)24-13-14-25(26(31)17-24)22-7-5-6-8-22/h9-14,17,20,22H,4-8,15-16,18-19H2,1-3H3. The summed E-state index contributed by atoms with van der Waals surface area (Å²) in [4.78, 5) is 19.5. The van der Waals surface area contributed by atoms with Gasteiger partial charge in [-0.2, -0.15) is 4.98 Å². The highest BCUT2D eigenvalue weighted by Crippen LogP contribution is 2.39. The normalized spacial score (nSPS) is 22.6. The van der Waals surface area contributed by atoms with Crippen LogP contribution in [0, 0.1) is 0 Å². The molecule has 0 amide bonds. The van der Waals surface area contributed by atoms with E-state index in [4.69, 9.17) is 25.6 Å². The van der Waals surface area contributed by atoms with E-state index < -0.39 is 5.60 Å². The smallest absolute Gasteiger partial charge is 0.338 e. The van der Waals surface area contributed by atoms with Gasteiger partial charge < -0.3 is 14.0 Å². The van der Waals surface area contributed by atoms with Crippen molar-refractivity contribution in [3.8, 4) is 22.8 Å². The molecule has 2 aromatic carbocycles. The zero-order chi connectivity index (χ0) is 26.7. The van der Waals surface area contributed by atoms with E-state index >= 15 is 0 Å². The number of halogens is 1. The minimum atomic E-state index is -0.854. The van der Waals surface area contributed by atoms with Gasteiger partial charge in [0, 0.05) is 48.8 Å². The molecule has 5 rings (SSSR count). The van der Waals surface area contributed by atoms with E-state index in [1.54, 1.807) is 7.11 Å². The fraction of sp³-hybridized carbons (Fsp3) is 0.500. The van der Waals surface area contributed by atoms with Crippen LogP contribution >= 0.6 is 11.6 Å². The van der Waals surface area contributed by atoms with Gasteiger partial charge in [-0.1, -0.05) is 59.9 Å². The number of hydrogen-bond acceptors (Lipinski definition) is 7. The Morgan fingerprint density at radius 3 is 2.55 bits per heavy atom. The van der Waals surface area contributed by atoms with Crippen molar-refractivity contribution in [1.29, 1.82) is 0 Å². The Hall–Kier alpha value is -2.74. The van der Waals surface area contributed by atoms with Crippen molar-refractivity contribution in [2.45, 2.75) is 76.5 Å². The van der Waals surface area contributed by atoms with Crippen molar-refractivity contribution in [2.75, 3.05) is 20.3 Å². The van der Waals surface area contributed by atoms with Gasteiger partial charge in [0.05, 0.1) is 6.61 Å². The van der Waals surface area contributed by atoms with Gasteiger partial charge in [0.25, 0.3) is 5.89 Å². The summed E-state index contributed by atoms with van der Waals surface area (Å²) in [6.07, 6.45) is 6.18. The van der Waals surface area contributed by atoms with Gasteiger partial charge in [0.2, 0.25) is 5.82 Å². The molecular formula is C30H36ClN3O4. The first kappa shape index (κ1) is 26.9. The summed E-state index contributed by atoms with van der Waals surface area (Å²) in [7, 11) is 1.60. The number of benzene rings is 2. The first-order valence-electron chi connectivity index (χ1n) is 13.6. The van der Waals surface area contributed by atoms with Crippen molar-refractivity contribution in [1.82, 2.24) is 15.0 Å². The summed E-state index contributed by atoms with van der Waals surface area (Å²) in [5, 5.41) is 4.98. The average molecular weight is 538 g/mol. The number of carbonyl (C=O) groups excluding carboxylic acids is 1. The number of hydrogen-bond donors (Lipinski definition) is 0. The molecule has 2 aliphatic rings. The lowest BCUT2D eigenvalue weighted by atomic mass is 9.86. The zero-order valence-electron chi connectivity index (χ0n) is 22.4. The lowest BCUT2D eigenvalue weighted by Crippen LogP contribution is -2.54. The summed E-state index contributed by atoms with van der Waals surface area (Å²) >= 11 is 6.62. The van der Waals surface area contributed by atoms with Crippen LogP contribution in [0.5, 0.6) is 0 Å². The first-order valence-corrected chi connectivity index (χ1v) is 14.0. The molecule has 2 fully saturated rings. The second kappa shape index (κ2) is 11.6. The molecule has 2 unspecified atom stereocenters. The molecule has 1 aliphatic carbocycles. The van der Waals surface area contributed by atoms with Crippen LogP contribution in [0.3, 0.4) is 0 Å². The summed E-state index contributed by atoms with van der Waals surface area (Å²) in [6, 6.07) is 14.5. The van der Waals surface area contributed by atoms with Crippen molar-refractivity contribution in [2.24, 2.45) is 0 Å². The molecule has 2 atom stereocenters.